The third-order valence-electron chi connectivity index (χ3n) is 3.00. The quantitative estimate of drug-likeness (QED) is 0.475. The van der Waals surface area contributed by atoms with Crippen LogP contribution in [0.15, 0.2) is 36.0 Å². The zero-order chi connectivity index (χ0) is 16.8. The molecule has 2 aromatic rings. The monoisotopic (exact) mass is 309 g/mol. The summed E-state index contributed by atoms with van der Waals surface area (Å²) in [5.74, 6) is 0.340. The van der Waals surface area contributed by atoms with Crippen molar-refractivity contribution in [2.24, 2.45) is 0 Å². The van der Waals surface area contributed by atoms with E-state index in [4.69, 9.17) is 15.3 Å². The highest BCUT2D eigenvalue weighted by atomic mass is 16.6. The van der Waals surface area contributed by atoms with E-state index < -0.39 is 4.92 Å². The van der Waals surface area contributed by atoms with Crippen LogP contribution < -0.4 is 4.74 Å². The van der Waals surface area contributed by atoms with Gasteiger partial charge in [0.2, 0.25) is 0 Å². The molecule has 0 N–H and O–H groups in total. The van der Waals surface area contributed by atoms with Crippen LogP contribution in [0.4, 0.5) is 5.82 Å². The highest BCUT2D eigenvalue weighted by Crippen LogP contribution is 2.22. The summed E-state index contributed by atoms with van der Waals surface area (Å²) in [6.45, 7) is 0.257. The standard InChI is InChI=1S/C15H11N5O3/c1-23-14-3-2-11(6-12(8-16)9-17)7-13(14)10-19-5-4-15(18-19)20(21)22/h2-7H,10H2,1H3. The van der Waals surface area contributed by atoms with Crippen LogP contribution in [0, 0.1) is 32.8 Å². The molecule has 23 heavy (non-hydrogen) atoms. The van der Waals surface area contributed by atoms with E-state index in [0.717, 1.165) is 5.56 Å². The lowest BCUT2D eigenvalue weighted by atomic mass is 10.1. The van der Waals surface area contributed by atoms with Gasteiger partial charge >= 0.3 is 5.82 Å². The number of benzene rings is 1. The molecule has 0 aliphatic rings. The molecule has 0 spiro atoms. The second kappa shape index (κ2) is 6.87. The summed E-state index contributed by atoms with van der Waals surface area (Å²) in [6.07, 6.45) is 2.95. The van der Waals surface area contributed by atoms with Gasteiger partial charge in [-0.25, -0.2) is 0 Å². The maximum absolute atomic E-state index is 10.7. The molecule has 0 radical (unpaired) electrons. The zero-order valence-electron chi connectivity index (χ0n) is 12.1. The van der Waals surface area contributed by atoms with Crippen LogP contribution in [0.1, 0.15) is 11.1 Å². The Balaban J connectivity index is 2.36. The Hall–Kier alpha value is -3.65. The molecule has 0 saturated heterocycles. The van der Waals surface area contributed by atoms with E-state index in [1.165, 1.54) is 30.1 Å². The Morgan fingerprint density at radius 2 is 2.17 bits per heavy atom. The molecule has 0 aliphatic carbocycles. The number of nitriles is 2. The van der Waals surface area contributed by atoms with Gasteiger partial charge in [-0.3, -0.25) is 0 Å². The van der Waals surface area contributed by atoms with Crippen LogP contribution in [0.2, 0.25) is 0 Å². The smallest absolute Gasteiger partial charge is 0.389 e. The maximum atomic E-state index is 10.7. The van der Waals surface area contributed by atoms with Crippen molar-refractivity contribution >= 4 is 11.9 Å². The number of methoxy groups -OCH3 is 1. The molecule has 0 unspecified atom stereocenters. The van der Waals surface area contributed by atoms with Crippen LogP contribution in [0.25, 0.3) is 6.08 Å². The molecule has 0 aliphatic heterocycles. The molecule has 114 valence electrons. The van der Waals surface area contributed by atoms with Crippen LogP contribution in [0.3, 0.4) is 0 Å². The minimum Gasteiger partial charge on any atom is -0.496 e. The first-order chi connectivity index (χ1) is 11.1. The lowest BCUT2D eigenvalue weighted by Gasteiger charge is -2.08. The van der Waals surface area contributed by atoms with Crippen molar-refractivity contribution in [3.63, 3.8) is 0 Å². The molecule has 1 aromatic carbocycles. The Kier molecular flexibility index (Phi) is 4.70. The number of allylic oxidation sites excluding steroid dienone is 1. The van der Waals surface area contributed by atoms with Crippen LogP contribution in [-0.2, 0) is 6.54 Å². The zero-order valence-corrected chi connectivity index (χ0v) is 12.1. The van der Waals surface area contributed by atoms with Gasteiger partial charge in [0.05, 0.1) is 31.0 Å². The first kappa shape index (κ1) is 15.7. The Morgan fingerprint density at radius 1 is 1.43 bits per heavy atom. The van der Waals surface area contributed by atoms with E-state index in [1.807, 2.05) is 0 Å². The summed E-state index contributed by atoms with van der Waals surface area (Å²) in [7, 11) is 1.51. The largest absolute Gasteiger partial charge is 0.496 e. The fourth-order valence-electron chi connectivity index (χ4n) is 1.98. The maximum Gasteiger partial charge on any atom is 0.389 e. The molecule has 0 amide bonds. The van der Waals surface area contributed by atoms with Gasteiger partial charge in [-0.05, 0) is 28.7 Å². The molecule has 0 bridgehead atoms. The summed E-state index contributed by atoms with van der Waals surface area (Å²) in [6, 6.07) is 10.0. The molecule has 0 fully saturated rings. The summed E-state index contributed by atoms with van der Waals surface area (Å²) in [5, 5.41) is 32.1. The minimum atomic E-state index is -0.570. The number of aromatic nitrogens is 2. The molecule has 8 heteroatoms. The molecular formula is C15H11N5O3. The Morgan fingerprint density at radius 3 is 2.74 bits per heavy atom. The van der Waals surface area contributed by atoms with E-state index in [1.54, 1.807) is 30.3 Å². The van der Waals surface area contributed by atoms with Crippen LogP contribution in [-0.4, -0.2) is 21.8 Å². The number of hydrogen-bond acceptors (Lipinski definition) is 6. The average molecular weight is 309 g/mol. The van der Waals surface area contributed by atoms with Crippen molar-refractivity contribution in [1.29, 1.82) is 10.5 Å². The number of nitrogens with zero attached hydrogens (tertiary/aromatic N) is 5. The van der Waals surface area contributed by atoms with Gasteiger partial charge < -0.3 is 14.9 Å². The summed E-state index contributed by atoms with van der Waals surface area (Å²) < 4.78 is 6.67. The van der Waals surface area contributed by atoms with Crippen molar-refractivity contribution in [1.82, 2.24) is 9.78 Å². The number of hydrogen-bond donors (Lipinski definition) is 0. The first-order valence-electron chi connectivity index (χ1n) is 6.44. The van der Waals surface area contributed by atoms with Gasteiger partial charge in [0.1, 0.15) is 23.5 Å². The second-order valence-corrected chi connectivity index (χ2v) is 4.48. The van der Waals surface area contributed by atoms with E-state index in [2.05, 4.69) is 5.10 Å². The van der Waals surface area contributed by atoms with Gasteiger partial charge in [0, 0.05) is 5.56 Å². The van der Waals surface area contributed by atoms with Gasteiger partial charge in [0.25, 0.3) is 0 Å². The SMILES string of the molecule is COc1ccc(C=C(C#N)C#N)cc1Cn1ccc([N+](=O)[O-])n1. The van der Waals surface area contributed by atoms with Crippen LogP contribution >= 0.6 is 0 Å². The van der Waals surface area contributed by atoms with Gasteiger partial charge in [0.15, 0.2) is 0 Å². The van der Waals surface area contributed by atoms with Gasteiger partial charge in [-0.1, -0.05) is 6.07 Å². The fourth-order valence-corrected chi connectivity index (χ4v) is 1.98. The summed E-state index contributed by atoms with van der Waals surface area (Å²) in [5.41, 5.74) is 1.35. The van der Waals surface area contributed by atoms with E-state index >= 15 is 0 Å². The van der Waals surface area contributed by atoms with E-state index in [9.17, 15) is 10.1 Å². The minimum absolute atomic E-state index is 0.0177. The van der Waals surface area contributed by atoms with E-state index in [-0.39, 0.29) is 17.9 Å². The third kappa shape index (κ3) is 3.71. The van der Waals surface area contributed by atoms with E-state index in [0.29, 0.717) is 11.3 Å². The molecule has 1 heterocycles. The molecule has 1 aromatic heterocycles. The van der Waals surface area contributed by atoms with Crippen molar-refractivity contribution < 1.29 is 9.66 Å². The number of rotatable bonds is 5. The summed E-state index contributed by atoms with van der Waals surface area (Å²) in [4.78, 5) is 10.1. The van der Waals surface area contributed by atoms with Crippen molar-refractivity contribution in [2.45, 2.75) is 6.54 Å². The number of nitro groups is 1. The first-order valence-corrected chi connectivity index (χ1v) is 6.44. The molecule has 0 atom stereocenters. The fraction of sp³-hybridized carbons (Fsp3) is 0.133. The average Bonchev–Trinajstić information content (AvgIpc) is 3.01. The van der Waals surface area contributed by atoms with Crippen LogP contribution in [0.5, 0.6) is 5.75 Å². The molecule has 2 rings (SSSR count). The van der Waals surface area contributed by atoms with Gasteiger partial charge in [-0.15, -0.1) is 0 Å². The topological polar surface area (TPSA) is 118 Å². The molecule has 8 nitrogen and oxygen atoms in total. The highest BCUT2D eigenvalue weighted by molar-refractivity contribution is 5.63. The summed E-state index contributed by atoms with van der Waals surface area (Å²) >= 11 is 0. The molecular weight excluding hydrogens is 298 g/mol. The molecule has 0 saturated carbocycles. The Bertz CT molecular complexity index is 839. The predicted octanol–water partition coefficient (Wildman–Crippen LogP) is 2.28. The lowest BCUT2D eigenvalue weighted by molar-refractivity contribution is -0.389. The highest BCUT2D eigenvalue weighted by Gasteiger charge is 2.13. The second-order valence-electron chi connectivity index (χ2n) is 4.48. The number of ether oxygens (including phenoxy) is 1. The lowest BCUT2D eigenvalue weighted by Crippen LogP contribution is -2.03. The third-order valence-corrected chi connectivity index (χ3v) is 3.00. The normalized spacial score (nSPS) is 9.52. The predicted molar refractivity (Wildman–Crippen MR) is 80.2 cm³/mol. The Labute approximate surface area is 131 Å². The van der Waals surface area contributed by atoms with Gasteiger partial charge in [-0.2, -0.15) is 15.2 Å². The van der Waals surface area contributed by atoms with Crippen molar-refractivity contribution in [3.05, 3.63) is 57.3 Å². The van der Waals surface area contributed by atoms with Crippen molar-refractivity contribution in [3.8, 4) is 17.9 Å². The van der Waals surface area contributed by atoms with Crippen molar-refractivity contribution in [2.75, 3.05) is 7.11 Å².